The van der Waals surface area contributed by atoms with Crippen LogP contribution in [0.25, 0.3) is 0 Å². The fraction of sp³-hybridized carbons (Fsp3) is 0.263. The summed E-state index contributed by atoms with van der Waals surface area (Å²) in [6.07, 6.45) is 0. The normalized spacial score (nSPS) is 10.7. The van der Waals surface area contributed by atoms with Gasteiger partial charge in [0.05, 0.1) is 12.2 Å². The molecule has 0 spiro atoms. The lowest BCUT2D eigenvalue weighted by Crippen LogP contribution is -2.13. The number of carbonyl (C=O) groups excluding carboxylic acids is 1. The third-order valence-electron chi connectivity index (χ3n) is 3.30. The van der Waals surface area contributed by atoms with Gasteiger partial charge < -0.3 is 15.2 Å². The van der Waals surface area contributed by atoms with E-state index in [1.54, 1.807) is 30.0 Å². The molecule has 0 fully saturated rings. The standard InChI is InChI=1S/C19H21NO4S/c1-12(2)25-17-6-4-14(5-7-17)18(21)20-16-9-13(11-24-3)8-15(10-16)19(22)23/h4-10,12H,11H2,1-3H3,(H,20,21)(H,22,23). The van der Waals surface area contributed by atoms with Gasteiger partial charge >= 0.3 is 5.97 Å². The predicted molar refractivity (Wildman–Crippen MR) is 99.5 cm³/mol. The van der Waals surface area contributed by atoms with Gasteiger partial charge in [0, 0.05) is 28.5 Å². The molecule has 0 aliphatic rings. The first kappa shape index (κ1) is 19.0. The maximum atomic E-state index is 12.4. The van der Waals surface area contributed by atoms with Gasteiger partial charge in [0.2, 0.25) is 0 Å². The fourth-order valence-corrected chi connectivity index (χ4v) is 3.14. The van der Waals surface area contributed by atoms with Gasteiger partial charge in [-0.15, -0.1) is 11.8 Å². The average molecular weight is 359 g/mol. The number of benzene rings is 2. The first-order chi connectivity index (χ1) is 11.9. The molecule has 132 valence electrons. The summed E-state index contributed by atoms with van der Waals surface area (Å²) >= 11 is 1.72. The van der Waals surface area contributed by atoms with Crippen molar-refractivity contribution in [2.24, 2.45) is 0 Å². The Balaban J connectivity index is 2.17. The quantitative estimate of drug-likeness (QED) is 0.722. The minimum Gasteiger partial charge on any atom is -0.478 e. The maximum absolute atomic E-state index is 12.4. The van der Waals surface area contributed by atoms with Crippen molar-refractivity contribution < 1.29 is 19.4 Å². The largest absolute Gasteiger partial charge is 0.478 e. The second-order valence-corrected chi connectivity index (χ2v) is 7.45. The van der Waals surface area contributed by atoms with Gasteiger partial charge in [-0.3, -0.25) is 4.79 Å². The van der Waals surface area contributed by atoms with Crippen LogP contribution in [0.1, 0.15) is 40.1 Å². The van der Waals surface area contributed by atoms with Gasteiger partial charge in [-0.05, 0) is 48.0 Å². The number of methoxy groups -OCH3 is 1. The summed E-state index contributed by atoms with van der Waals surface area (Å²) in [7, 11) is 1.53. The average Bonchev–Trinajstić information content (AvgIpc) is 2.55. The van der Waals surface area contributed by atoms with Crippen LogP contribution in [0.15, 0.2) is 47.4 Å². The Kier molecular flexibility index (Phi) is 6.61. The van der Waals surface area contributed by atoms with Crippen LogP contribution in [-0.2, 0) is 11.3 Å². The fourth-order valence-electron chi connectivity index (χ4n) is 2.30. The molecule has 0 radical (unpaired) electrons. The highest BCUT2D eigenvalue weighted by atomic mass is 32.2. The Morgan fingerprint density at radius 3 is 2.36 bits per heavy atom. The number of hydrogen-bond donors (Lipinski definition) is 2. The van der Waals surface area contributed by atoms with Gasteiger partial charge in [-0.1, -0.05) is 13.8 Å². The van der Waals surface area contributed by atoms with E-state index in [0.717, 1.165) is 4.90 Å². The Hall–Kier alpha value is -2.31. The third kappa shape index (κ3) is 5.62. The molecule has 6 heteroatoms. The van der Waals surface area contributed by atoms with Crippen LogP contribution in [0.3, 0.4) is 0 Å². The second kappa shape index (κ2) is 8.69. The molecule has 5 nitrogen and oxygen atoms in total. The van der Waals surface area contributed by atoms with Crippen molar-refractivity contribution in [1.82, 2.24) is 0 Å². The first-order valence-electron chi connectivity index (χ1n) is 7.83. The number of carboxylic acids is 1. The number of carboxylic acid groups (broad SMARTS) is 1. The van der Waals surface area contributed by atoms with E-state index in [-0.39, 0.29) is 18.1 Å². The number of nitrogens with one attached hydrogen (secondary N) is 1. The van der Waals surface area contributed by atoms with E-state index in [1.807, 2.05) is 12.1 Å². The van der Waals surface area contributed by atoms with Crippen LogP contribution < -0.4 is 5.32 Å². The summed E-state index contributed by atoms with van der Waals surface area (Å²) in [6.45, 7) is 4.49. The molecule has 25 heavy (non-hydrogen) atoms. The van der Waals surface area contributed by atoms with Crippen molar-refractivity contribution in [2.75, 3.05) is 12.4 Å². The minimum atomic E-state index is -1.05. The van der Waals surface area contributed by atoms with E-state index < -0.39 is 5.97 Å². The number of amides is 1. The van der Waals surface area contributed by atoms with Crippen molar-refractivity contribution >= 4 is 29.3 Å². The van der Waals surface area contributed by atoms with Gasteiger partial charge in [-0.25, -0.2) is 4.79 Å². The monoisotopic (exact) mass is 359 g/mol. The summed E-state index contributed by atoms with van der Waals surface area (Å²) in [5.74, 6) is -1.34. The zero-order valence-electron chi connectivity index (χ0n) is 14.4. The number of thioether (sulfide) groups is 1. The number of carbonyl (C=O) groups is 2. The minimum absolute atomic E-state index is 0.105. The van der Waals surface area contributed by atoms with Crippen LogP contribution in [0.5, 0.6) is 0 Å². The molecule has 2 aromatic carbocycles. The smallest absolute Gasteiger partial charge is 0.335 e. The molecule has 0 aliphatic heterocycles. The molecule has 0 heterocycles. The van der Waals surface area contributed by atoms with Gasteiger partial charge in [-0.2, -0.15) is 0 Å². The van der Waals surface area contributed by atoms with Crippen molar-refractivity contribution in [3.63, 3.8) is 0 Å². The number of ether oxygens (including phenoxy) is 1. The lowest BCUT2D eigenvalue weighted by molar-refractivity contribution is 0.0696. The second-order valence-electron chi connectivity index (χ2n) is 5.80. The van der Waals surface area contributed by atoms with Crippen molar-refractivity contribution in [2.45, 2.75) is 30.6 Å². The predicted octanol–water partition coefficient (Wildman–Crippen LogP) is 4.28. The number of anilines is 1. The van der Waals surface area contributed by atoms with Gasteiger partial charge in [0.1, 0.15) is 0 Å². The highest BCUT2D eigenvalue weighted by Crippen LogP contribution is 2.23. The molecular formula is C19H21NO4S. The molecule has 0 aromatic heterocycles. The summed E-state index contributed by atoms with van der Waals surface area (Å²) in [5, 5.41) is 12.4. The van der Waals surface area contributed by atoms with Crippen molar-refractivity contribution in [3.8, 4) is 0 Å². The van der Waals surface area contributed by atoms with E-state index in [0.29, 0.717) is 22.1 Å². The zero-order valence-corrected chi connectivity index (χ0v) is 15.2. The highest BCUT2D eigenvalue weighted by molar-refractivity contribution is 7.99. The van der Waals surface area contributed by atoms with Crippen LogP contribution in [0, 0.1) is 0 Å². The summed E-state index contributed by atoms with van der Waals surface area (Å²) in [5.41, 5.74) is 1.73. The van der Waals surface area contributed by atoms with E-state index in [2.05, 4.69) is 19.2 Å². The van der Waals surface area contributed by atoms with Crippen LogP contribution in [0.2, 0.25) is 0 Å². The Labute approximate surface area is 151 Å². The molecule has 0 unspecified atom stereocenters. The molecule has 0 saturated heterocycles. The van der Waals surface area contributed by atoms with Crippen molar-refractivity contribution in [1.29, 1.82) is 0 Å². The van der Waals surface area contributed by atoms with E-state index >= 15 is 0 Å². The van der Waals surface area contributed by atoms with Crippen LogP contribution >= 0.6 is 11.8 Å². The zero-order chi connectivity index (χ0) is 18.4. The Morgan fingerprint density at radius 1 is 1.12 bits per heavy atom. The summed E-state index contributed by atoms with van der Waals surface area (Å²) in [6, 6.07) is 12.0. The molecule has 2 aromatic rings. The molecular weight excluding hydrogens is 338 g/mol. The van der Waals surface area contributed by atoms with E-state index in [4.69, 9.17) is 4.74 Å². The number of rotatable bonds is 7. The van der Waals surface area contributed by atoms with E-state index in [9.17, 15) is 14.7 Å². The van der Waals surface area contributed by atoms with Crippen LogP contribution in [0.4, 0.5) is 5.69 Å². The number of aromatic carboxylic acids is 1. The first-order valence-corrected chi connectivity index (χ1v) is 8.71. The molecule has 0 atom stereocenters. The molecule has 1 amide bonds. The van der Waals surface area contributed by atoms with Crippen molar-refractivity contribution in [3.05, 3.63) is 59.2 Å². The molecule has 2 N–H and O–H groups in total. The number of hydrogen-bond acceptors (Lipinski definition) is 4. The molecule has 2 rings (SSSR count). The summed E-state index contributed by atoms with van der Waals surface area (Å²) in [4.78, 5) is 24.7. The Bertz CT molecular complexity index is 757. The molecule has 0 bridgehead atoms. The third-order valence-corrected chi connectivity index (χ3v) is 4.31. The topological polar surface area (TPSA) is 75.6 Å². The highest BCUT2D eigenvalue weighted by Gasteiger charge is 2.11. The summed E-state index contributed by atoms with van der Waals surface area (Å²) < 4.78 is 5.04. The lowest BCUT2D eigenvalue weighted by atomic mass is 10.1. The van der Waals surface area contributed by atoms with Crippen LogP contribution in [-0.4, -0.2) is 29.3 Å². The van der Waals surface area contributed by atoms with E-state index in [1.165, 1.54) is 19.2 Å². The molecule has 0 aliphatic carbocycles. The lowest BCUT2D eigenvalue weighted by Gasteiger charge is -2.10. The SMILES string of the molecule is COCc1cc(NC(=O)c2ccc(SC(C)C)cc2)cc(C(=O)O)c1. The van der Waals surface area contributed by atoms with Gasteiger partial charge in [0.25, 0.3) is 5.91 Å². The van der Waals surface area contributed by atoms with Gasteiger partial charge in [0.15, 0.2) is 0 Å². The molecule has 0 saturated carbocycles. The maximum Gasteiger partial charge on any atom is 0.335 e. The Morgan fingerprint density at radius 2 is 1.80 bits per heavy atom.